The molecule has 0 atom stereocenters. The summed E-state index contributed by atoms with van der Waals surface area (Å²) in [4.78, 5) is 14.8. The van der Waals surface area contributed by atoms with Crippen molar-refractivity contribution >= 4 is 43.5 Å². The van der Waals surface area contributed by atoms with E-state index >= 15 is 0 Å². The predicted octanol–water partition coefficient (Wildman–Crippen LogP) is 3.80. The molecule has 0 bridgehead atoms. The van der Waals surface area contributed by atoms with E-state index in [0.29, 0.717) is 17.1 Å². The number of rotatable bonds is 3. The van der Waals surface area contributed by atoms with Gasteiger partial charge in [-0.05, 0) is 50.1 Å². The molecule has 0 spiro atoms. The maximum absolute atomic E-state index is 12.0. The van der Waals surface area contributed by atoms with Gasteiger partial charge in [0, 0.05) is 21.2 Å². The molecule has 0 aliphatic heterocycles. The van der Waals surface area contributed by atoms with Gasteiger partial charge >= 0.3 is 0 Å². The van der Waals surface area contributed by atoms with Gasteiger partial charge in [0.1, 0.15) is 11.4 Å². The standard InChI is InChI=1S/C12H10Br2N2O2/c1-18-8-2-3-9(14)10(5-8)16-12(17)11-4-7(13)6-15-11/h2-6,15H,1H3,(H,16,17). The maximum Gasteiger partial charge on any atom is 0.272 e. The lowest BCUT2D eigenvalue weighted by Gasteiger charge is -2.08. The van der Waals surface area contributed by atoms with E-state index in [-0.39, 0.29) is 5.91 Å². The molecule has 0 aliphatic rings. The van der Waals surface area contributed by atoms with Crippen LogP contribution in [0.25, 0.3) is 0 Å². The monoisotopic (exact) mass is 372 g/mol. The van der Waals surface area contributed by atoms with Crippen LogP contribution in [-0.2, 0) is 0 Å². The van der Waals surface area contributed by atoms with E-state index in [2.05, 4.69) is 42.2 Å². The normalized spacial score (nSPS) is 10.2. The third-order valence-corrected chi connectivity index (χ3v) is 3.46. The van der Waals surface area contributed by atoms with Crippen LogP contribution in [0.1, 0.15) is 10.5 Å². The summed E-state index contributed by atoms with van der Waals surface area (Å²) in [6.45, 7) is 0. The van der Waals surface area contributed by atoms with E-state index in [4.69, 9.17) is 4.74 Å². The molecule has 0 radical (unpaired) electrons. The van der Waals surface area contributed by atoms with Crippen LogP contribution in [0, 0.1) is 0 Å². The number of nitrogens with one attached hydrogen (secondary N) is 2. The second-order valence-electron chi connectivity index (χ2n) is 3.53. The molecule has 2 N–H and O–H groups in total. The third kappa shape index (κ3) is 2.94. The highest BCUT2D eigenvalue weighted by Gasteiger charge is 2.10. The molecular formula is C12H10Br2N2O2. The van der Waals surface area contributed by atoms with Crippen molar-refractivity contribution < 1.29 is 9.53 Å². The molecule has 0 unspecified atom stereocenters. The van der Waals surface area contributed by atoms with Crippen LogP contribution >= 0.6 is 31.9 Å². The number of aromatic nitrogens is 1. The zero-order valence-corrected chi connectivity index (χ0v) is 12.6. The highest BCUT2D eigenvalue weighted by atomic mass is 79.9. The first kappa shape index (κ1) is 13.2. The van der Waals surface area contributed by atoms with Crippen LogP contribution in [0.5, 0.6) is 5.75 Å². The van der Waals surface area contributed by atoms with Crippen molar-refractivity contribution in [1.82, 2.24) is 4.98 Å². The first-order valence-electron chi connectivity index (χ1n) is 5.09. The largest absolute Gasteiger partial charge is 0.497 e. The zero-order chi connectivity index (χ0) is 13.1. The van der Waals surface area contributed by atoms with Crippen molar-refractivity contribution in [3.05, 3.63) is 45.1 Å². The van der Waals surface area contributed by atoms with Gasteiger partial charge in [0.25, 0.3) is 5.91 Å². The molecule has 1 amide bonds. The van der Waals surface area contributed by atoms with E-state index in [0.717, 1.165) is 8.95 Å². The summed E-state index contributed by atoms with van der Waals surface area (Å²) in [7, 11) is 1.58. The average Bonchev–Trinajstić information content (AvgIpc) is 2.79. The Morgan fingerprint density at radius 2 is 2.11 bits per heavy atom. The van der Waals surface area contributed by atoms with Crippen molar-refractivity contribution in [2.75, 3.05) is 12.4 Å². The van der Waals surface area contributed by atoms with Gasteiger partial charge in [0.15, 0.2) is 0 Å². The summed E-state index contributed by atoms with van der Waals surface area (Å²) in [6, 6.07) is 7.09. The number of benzene rings is 1. The van der Waals surface area contributed by atoms with Crippen molar-refractivity contribution in [3.8, 4) is 5.75 Å². The number of methoxy groups -OCH3 is 1. The number of amides is 1. The Morgan fingerprint density at radius 3 is 2.72 bits per heavy atom. The quantitative estimate of drug-likeness (QED) is 0.859. The molecule has 94 valence electrons. The summed E-state index contributed by atoms with van der Waals surface area (Å²) in [5.74, 6) is 0.468. The Bertz CT molecular complexity index is 581. The van der Waals surface area contributed by atoms with Crippen molar-refractivity contribution in [3.63, 3.8) is 0 Å². The number of carbonyl (C=O) groups is 1. The number of aromatic amines is 1. The van der Waals surface area contributed by atoms with Crippen LogP contribution < -0.4 is 10.1 Å². The molecule has 4 nitrogen and oxygen atoms in total. The summed E-state index contributed by atoms with van der Waals surface area (Å²) < 4.78 is 6.74. The number of hydrogen-bond donors (Lipinski definition) is 2. The first-order chi connectivity index (χ1) is 8.60. The van der Waals surface area contributed by atoms with Crippen LogP contribution in [0.15, 0.2) is 39.4 Å². The molecule has 0 saturated carbocycles. The van der Waals surface area contributed by atoms with Crippen LogP contribution in [0.3, 0.4) is 0 Å². The second kappa shape index (κ2) is 5.58. The minimum atomic E-state index is -0.213. The molecular weight excluding hydrogens is 364 g/mol. The molecule has 6 heteroatoms. The molecule has 1 aromatic carbocycles. The van der Waals surface area contributed by atoms with Gasteiger partial charge in [0.2, 0.25) is 0 Å². The summed E-state index contributed by atoms with van der Waals surface area (Å²) >= 11 is 6.66. The number of hydrogen-bond acceptors (Lipinski definition) is 2. The molecule has 0 saturated heterocycles. The van der Waals surface area contributed by atoms with Crippen molar-refractivity contribution in [2.45, 2.75) is 0 Å². The minimum absolute atomic E-state index is 0.213. The Balaban J connectivity index is 2.21. The Morgan fingerprint density at radius 1 is 1.33 bits per heavy atom. The lowest BCUT2D eigenvalue weighted by atomic mass is 10.3. The molecule has 2 aromatic rings. The topological polar surface area (TPSA) is 54.1 Å². The third-order valence-electron chi connectivity index (χ3n) is 2.31. The van der Waals surface area contributed by atoms with Crippen LogP contribution in [0.4, 0.5) is 5.69 Å². The fraction of sp³-hybridized carbons (Fsp3) is 0.0833. The maximum atomic E-state index is 12.0. The summed E-state index contributed by atoms with van der Waals surface area (Å²) in [5.41, 5.74) is 1.14. The molecule has 0 fully saturated rings. The smallest absolute Gasteiger partial charge is 0.272 e. The van der Waals surface area contributed by atoms with Gasteiger partial charge in [-0.15, -0.1) is 0 Å². The van der Waals surface area contributed by atoms with E-state index < -0.39 is 0 Å². The molecule has 2 rings (SSSR count). The second-order valence-corrected chi connectivity index (χ2v) is 5.30. The van der Waals surface area contributed by atoms with Gasteiger partial charge in [-0.1, -0.05) is 0 Å². The van der Waals surface area contributed by atoms with Gasteiger partial charge in [-0.3, -0.25) is 4.79 Å². The number of ether oxygens (including phenoxy) is 1. The fourth-order valence-electron chi connectivity index (χ4n) is 1.42. The molecule has 0 aliphatic carbocycles. The predicted molar refractivity (Wildman–Crippen MR) is 77.1 cm³/mol. The summed E-state index contributed by atoms with van der Waals surface area (Å²) in [5, 5.41) is 2.80. The minimum Gasteiger partial charge on any atom is -0.497 e. The van der Waals surface area contributed by atoms with Gasteiger partial charge in [0.05, 0.1) is 12.8 Å². The van der Waals surface area contributed by atoms with E-state index in [1.165, 1.54) is 0 Å². The van der Waals surface area contributed by atoms with Crippen molar-refractivity contribution in [1.29, 1.82) is 0 Å². The number of carbonyl (C=O) groups excluding carboxylic acids is 1. The Labute approximate surface area is 121 Å². The Kier molecular flexibility index (Phi) is 4.08. The number of H-pyrrole nitrogens is 1. The van der Waals surface area contributed by atoms with Gasteiger partial charge in [-0.25, -0.2) is 0 Å². The Hall–Kier alpha value is -1.27. The van der Waals surface area contributed by atoms with Gasteiger partial charge in [-0.2, -0.15) is 0 Å². The highest BCUT2D eigenvalue weighted by molar-refractivity contribution is 9.10. The van der Waals surface area contributed by atoms with E-state index in [1.54, 1.807) is 25.4 Å². The fourth-order valence-corrected chi connectivity index (χ4v) is 2.10. The zero-order valence-electron chi connectivity index (χ0n) is 9.46. The summed E-state index contributed by atoms with van der Waals surface area (Å²) in [6.07, 6.45) is 1.70. The number of anilines is 1. The van der Waals surface area contributed by atoms with Crippen LogP contribution in [0.2, 0.25) is 0 Å². The van der Waals surface area contributed by atoms with E-state index in [9.17, 15) is 4.79 Å². The van der Waals surface area contributed by atoms with Crippen LogP contribution in [-0.4, -0.2) is 18.0 Å². The van der Waals surface area contributed by atoms with Crippen molar-refractivity contribution in [2.24, 2.45) is 0 Å². The number of halogens is 2. The lowest BCUT2D eigenvalue weighted by molar-refractivity contribution is 0.102. The van der Waals surface area contributed by atoms with Gasteiger partial charge < -0.3 is 15.0 Å². The SMILES string of the molecule is COc1ccc(Br)c(NC(=O)c2cc(Br)c[nH]2)c1. The highest BCUT2D eigenvalue weighted by Crippen LogP contribution is 2.27. The lowest BCUT2D eigenvalue weighted by Crippen LogP contribution is -2.12. The molecule has 18 heavy (non-hydrogen) atoms. The molecule has 1 aromatic heterocycles. The van der Waals surface area contributed by atoms with E-state index in [1.807, 2.05) is 12.1 Å². The average molecular weight is 374 g/mol. The first-order valence-corrected chi connectivity index (χ1v) is 6.67. The molecule has 1 heterocycles.